The Kier molecular flexibility index (Phi) is 4.63. The van der Waals surface area contributed by atoms with E-state index in [2.05, 4.69) is 0 Å². The Hall–Kier alpha value is -2.99. The van der Waals surface area contributed by atoms with Gasteiger partial charge in [0.05, 0.1) is 17.0 Å². The lowest BCUT2D eigenvalue weighted by molar-refractivity contribution is -0.137. The fourth-order valence-electron chi connectivity index (χ4n) is 2.31. The third-order valence-corrected chi connectivity index (χ3v) is 3.73. The minimum absolute atomic E-state index is 0.0455. The van der Waals surface area contributed by atoms with Crippen LogP contribution in [0.15, 0.2) is 48.5 Å². The second kappa shape index (κ2) is 6.86. The largest absolute Gasteiger partial charge is 0.426 e. The normalized spacial score (nSPS) is 13.3. The number of hydrogen-bond acceptors (Lipinski definition) is 5. The van der Waals surface area contributed by atoms with Gasteiger partial charge in [-0.25, -0.2) is 0 Å². The van der Waals surface area contributed by atoms with Crippen LogP contribution in [0.1, 0.15) is 40.1 Å². The monoisotopic (exact) mass is 339 g/mol. The lowest BCUT2D eigenvalue weighted by atomic mass is 10.1. The minimum atomic E-state index is -0.469. The summed E-state index contributed by atoms with van der Waals surface area (Å²) in [6, 6.07) is 13.3. The van der Waals surface area contributed by atoms with Gasteiger partial charge in [-0.15, -0.1) is 5.06 Å². The number of carbonyl (C=O) groups is 3. The van der Waals surface area contributed by atoms with Gasteiger partial charge in [0, 0.05) is 0 Å². The molecule has 0 fully saturated rings. The highest BCUT2D eigenvalue weighted by molar-refractivity contribution is 6.20. The third kappa shape index (κ3) is 3.44. The van der Waals surface area contributed by atoms with Crippen molar-refractivity contribution in [3.05, 3.63) is 65.2 Å². The van der Waals surface area contributed by atoms with Crippen molar-refractivity contribution in [3.63, 3.8) is 0 Å². The van der Waals surface area contributed by atoms with Gasteiger partial charge >= 0.3 is 5.97 Å². The van der Waals surface area contributed by atoms with E-state index in [1.807, 2.05) is 0 Å². The average Bonchev–Trinajstić information content (AvgIpc) is 2.85. The zero-order valence-electron chi connectivity index (χ0n) is 13.9. The van der Waals surface area contributed by atoms with Crippen molar-refractivity contribution in [2.45, 2.75) is 20.5 Å². The predicted octanol–water partition coefficient (Wildman–Crippen LogP) is 2.98. The second-order valence-electron chi connectivity index (χ2n) is 5.94. The van der Waals surface area contributed by atoms with E-state index in [9.17, 15) is 14.4 Å². The van der Waals surface area contributed by atoms with E-state index in [-0.39, 0.29) is 18.5 Å². The Morgan fingerprint density at radius 1 is 0.960 bits per heavy atom. The minimum Gasteiger partial charge on any atom is -0.426 e. The number of nitrogens with zero attached hydrogens (tertiary/aromatic N) is 1. The number of hydrogen-bond donors (Lipinski definition) is 0. The van der Waals surface area contributed by atoms with Crippen LogP contribution in [0.5, 0.6) is 5.75 Å². The van der Waals surface area contributed by atoms with Crippen LogP contribution in [0.25, 0.3) is 0 Å². The molecule has 0 N–H and O–H groups in total. The first-order chi connectivity index (χ1) is 12.0. The number of amides is 2. The van der Waals surface area contributed by atoms with Crippen LogP contribution < -0.4 is 4.74 Å². The Bertz CT molecular complexity index is 791. The molecule has 0 saturated heterocycles. The van der Waals surface area contributed by atoms with Crippen LogP contribution in [0.2, 0.25) is 0 Å². The molecule has 0 aliphatic carbocycles. The topological polar surface area (TPSA) is 72.9 Å². The summed E-state index contributed by atoms with van der Waals surface area (Å²) < 4.78 is 5.19. The molecule has 0 saturated carbocycles. The van der Waals surface area contributed by atoms with Crippen LogP contribution in [-0.4, -0.2) is 22.8 Å². The number of hydroxylamine groups is 2. The lowest BCUT2D eigenvalue weighted by Gasteiger charge is -2.13. The molecule has 25 heavy (non-hydrogen) atoms. The van der Waals surface area contributed by atoms with Gasteiger partial charge in [-0.05, 0) is 29.8 Å². The molecule has 0 radical (unpaired) electrons. The molecule has 0 unspecified atom stereocenters. The summed E-state index contributed by atoms with van der Waals surface area (Å²) in [6.45, 7) is 3.56. The third-order valence-electron chi connectivity index (χ3n) is 3.73. The van der Waals surface area contributed by atoms with E-state index in [1.165, 1.54) is 0 Å². The molecular weight excluding hydrogens is 322 g/mol. The molecule has 0 spiro atoms. The fourth-order valence-corrected chi connectivity index (χ4v) is 2.31. The number of esters is 1. The van der Waals surface area contributed by atoms with Crippen molar-refractivity contribution >= 4 is 17.8 Å². The van der Waals surface area contributed by atoms with Crippen molar-refractivity contribution < 1.29 is 24.0 Å². The molecule has 0 bridgehead atoms. The average molecular weight is 339 g/mol. The molecule has 0 atom stereocenters. The zero-order valence-corrected chi connectivity index (χ0v) is 13.9. The second-order valence-corrected chi connectivity index (χ2v) is 5.94. The number of ether oxygens (including phenoxy) is 1. The molecule has 1 aliphatic rings. The molecule has 1 heterocycles. The highest BCUT2D eigenvalue weighted by Crippen LogP contribution is 2.23. The Labute approximate surface area is 144 Å². The fraction of sp³-hybridized carbons (Fsp3) is 0.211. The Balaban J connectivity index is 1.62. The van der Waals surface area contributed by atoms with Gasteiger partial charge in [0.25, 0.3) is 11.8 Å². The van der Waals surface area contributed by atoms with Gasteiger partial charge < -0.3 is 4.74 Å². The van der Waals surface area contributed by atoms with Gasteiger partial charge in [0.1, 0.15) is 12.4 Å². The summed E-state index contributed by atoms with van der Waals surface area (Å²) in [5.74, 6) is -1.03. The van der Waals surface area contributed by atoms with Crippen molar-refractivity contribution in [1.82, 2.24) is 5.06 Å². The van der Waals surface area contributed by atoms with E-state index in [1.54, 1.807) is 62.4 Å². The van der Waals surface area contributed by atoms with Crippen molar-refractivity contribution in [2.75, 3.05) is 0 Å². The Morgan fingerprint density at radius 3 is 2.04 bits per heavy atom. The maximum Gasteiger partial charge on any atom is 0.313 e. The summed E-state index contributed by atoms with van der Waals surface area (Å²) >= 11 is 0. The quantitative estimate of drug-likeness (QED) is 0.476. The first kappa shape index (κ1) is 16.9. The van der Waals surface area contributed by atoms with E-state index in [0.29, 0.717) is 16.9 Å². The highest BCUT2D eigenvalue weighted by atomic mass is 16.7. The van der Waals surface area contributed by atoms with Crippen LogP contribution in [-0.2, 0) is 16.2 Å². The summed E-state index contributed by atoms with van der Waals surface area (Å²) in [7, 11) is 0. The molecule has 6 nitrogen and oxygen atoms in total. The molecule has 2 aromatic rings. The number of fused-ring (bicyclic) bond motifs is 1. The number of rotatable bonds is 5. The van der Waals surface area contributed by atoms with Crippen LogP contribution in [0.4, 0.5) is 0 Å². The van der Waals surface area contributed by atoms with E-state index in [0.717, 1.165) is 10.6 Å². The molecule has 6 heteroatoms. The number of carbonyl (C=O) groups excluding carboxylic acids is 3. The van der Waals surface area contributed by atoms with Gasteiger partial charge in [-0.3, -0.25) is 19.2 Å². The van der Waals surface area contributed by atoms with Crippen LogP contribution in [0, 0.1) is 5.92 Å². The lowest BCUT2D eigenvalue weighted by Crippen LogP contribution is -2.29. The molecule has 3 rings (SSSR count). The summed E-state index contributed by atoms with van der Waals surface area (Å²) in [5.41, 5.74) is 1.41. The summed E-state index contributed by atoms with van der Waals surface area (Å²) in [4.78, 5) is 41.3. The molecular formula is C19H17NO5. The van der Waals surface area contributed by atoms with Crippen LogP contribution in [0.3, 0.4) is 0 Å². The maximum absolute atomic E-state index is 12.2. The van der Waals surface area contributed by atoms with Gasteiger partial charge in [0.15, 0.2) is 0 Å². The van der Waals surface area contributed by atoms with Crippen molar-refractivity contribution in [2.24, 2.45) is 5.92 Å². The predicted molar refractivity (Wildman–Crippen MR) is 88.6 cm³/mol. The summed E-state index contributed by atoms with van der Waals surface area (Å²) in [5, 5.41) is 0.775. The van der Waals surface area contributed by atoms with E-state index in [4.69, 9.17) is 9.57 Å². The Morgan fingerprint density at radius 2 is 1.52 bits per heavy atom. The van der Waals surface area contributed by atoms with Gasteiger partial charge in [0.2, 0.25) is 0 Å². The van der Waals surface area contributed by atoms with E-state index < -0.39 is 11.8 Å². The summed E-state index contributed by atoms with van der Waals surface area (Å²) in [6.07, 6.45) is 0. The van der Waals surface area contributed by atoms with Gasteiger partial charge in [-0.1, -0.05) is 38.1 Å². The SMILES string of the molecule is CC(C)C(=O)Oc1ccc(CON2C(=O)c3ccccc3C2=O)cc1. The van der Waals surface area contributed by atoms with Crippen molar-refractivity contribution in [3.8, 4) is 5.75 Å². The standard InChI is InChI=1S/C19H17NO5/c1-12(2)19(23)25-14-9-7-13(8-10-14)11-24-20-17(21)15-5-3-4-6-16(15)18(20)22/h3-10,12H,11H2,1-2H3. The molecule has 1 aliphatic heterocycles. The molecule has 128 valence electrons. The van der Waals surface area contributed by atoms with Crippen LogP contribution >= 0.6 is 0 Å². The van der Waals surface area contributed by atoms with Crippen molar-refractivity contribution in [1.29, 1.82) is 0 Å². The number of benzene rings is 2. The molecule has 2 aromatic carbocycles. The highest BCUT2D eigenvalue weighted by Gasteiger charge is 2.36. The molecule has 2 amide bonds. The number of imide groups is 1. The molecule has 0 aromatic heterocycles. The first-order valence-corrected chi connectivity index (χ1v) is 7.88. The van der Waals surface area contributed by atoms with E-state index >= 15 is 0 Å². The smallest absolute Gasteiger partial charge is 0.313 e. The first-order valence-electron chi connectivity index (χ1n) is 7.88. The van der Waals surface area contributed by atoms with Gasteiger partial charge in [-0.2, -0.15) is 0 Å². The maximum atomic E-state index is 12.2. The zero-order chi connectivity index (χ0) is 18.0.